The largest absolute Gasteiger partial charge is 0.373 e. The summed E-state index contributed by atoms with van der Waals surface area (Å²) in [5, 5.41) is 9.25. The van der Waals surface area contributed by atoms with Gasteiger partial charge in [-0.05, 0) is 31.5 Å². The number of carbonyl (C=O) groups is 1. The Morgan fingerprint density at radius 2 is 1.96 bits per heavy atom. The molecule has 0 spiro atoms. The van der Waals surface area contributed by atoms with E-state index in [1.54, 1.807) is 16.7 Å². The van der Waals surface area contributed by atoms with Crippen LogP contribution in [0.1, 0.15) is 29.8 Å². The topological polar surface area (TPSA) is 56.6 Å². The van der Waals surface area contributed by atoms with Crippen LogP contribution in [0.2, 0.25) is 0 Å². The second kappa shape index (κ2) is 8.22. The van der Waals surface area contributed by atoms with Gasteiger partial charge in [-0.1, -0.05) is 12.1 Å². The maximum atomic E-state index is 12.7. The van der Waals surface area contributed by atoms with E-state index in [1.807, 2.05) is 24.3 Å². The van der Waals surface area contributed by atoms with Crippen LogP contribution in [-0.2, 0) is 11.3 Å². The van der Waals surface area contributed by atoms with Crippen molar-refractivity contribution in [1.29, 1.82) is 5.26 Å². The molecule has 134 valence electrons. The average Bonchev–Trinajstić information content (AvgIpc) is 2.61. The number of nitrogens with zero attached hydrogens (tertiary/aromatic N) is 3. The molecule has 3 atom stereocenters. The lowest BCUT2D eigenvalue weighted by atomic mass is 10.1. The van der Waals surface area contributed by atoms with Crippen molar-refractivity contribution in [3.63, 3.8) is 0 Å². The van der Waals surface area contributed by atoms with Crippen LogP contribution in [-0.4, -0.2) is 65.1 Å². The van der Waals surface area contributed by atoms with Gasteiger partial charge in [0.1, 0.15) is 6.04 Å². The molecule has 0 aliphatic carbocycles. The molecule has 2 aliphatic rings. The Labute approximate surface area is 153 Å². The Morgan fingerprint density at radius 3 is 2.60 bits per heavy atom. The summed E-state index contributed by atoms with van der Waals surface area (Å²) in [6.45, 7) is 7.58. The Hall–Kier alpha value is -1.55. The van der Waals surface area contributed by atoms with Gasteiger partial charge >= 0.3 is 0 Å². The molecule has 1 aromatic carbocycles. The van der Waals surface area contributed by atoms with Crippen LogP contribution < -0.4 is 0 Å². The molecule has 0 radical (unpaired) electrons. The van der Waals surface area contributed by atoms with E-state index in [0.717, 1.165) is 25.4 Å². The van der Waals surface area contributed by atoms with Crippen LogP contribution in [0.3, 0.4) is 0 Å². The second-order valence-electron chi connectivity index (χ2n) is 6.87. The number of hydrogen-bond acceptors (Lipinski definition) is 5. The highest BCUT2D eigenvalue weighted by Crippen LogP contribution is 2.20. The van der Waals surface area contributed by atoms with Crippen molar-refractivity contribution < 1.29 is 9.53 Å². The zero-order valence-corrected chi connectivity index (χ0v) is 15.7. The number of benzene rings is 1. The van der Waals surface area contributed by atoms with Gasteiger partial charge < -0.3 is 9.64 Å². The van der Waals surface area contributed by atoms with Crippen LogP contribution in [0.25, 0.3) is 0 Å². The summed E-state index contributed by atoms with van der Waals surface area (Å²) in [7, 11) is 0. The van der Waals surface area contributed by atoms with E-state index in [9.17, 15) is 10.1 Å². The van der Waals surface area contributed by atoms with E-state index >= 15 is 0 Å². The molecule has 0 aromatic heterocycles. The molecule has 1 amide bonds. The van der Waals surface area contributed by atoms with Gasteiger partial charge in [0.25, 0.3) is 5.91 Å². The van der Waals surface area contributed by atoms with E-state index in [-0.39, 0.29) is 24.2 Å². The third-order valence-corrected chi connectivity index (χ3v) is 5.66. The minimum absolute atomic E-state index is 0.0352. The maximum absolute atomic E-state index is 12.7. The second-order valence-corrected chi connectivity index (χ2v) is 8.02. The van der Waals surface area contributed by atoms with Crippen molar-refractivity contribution in [2.24, 2.45) is 0 Å². The molecule has 5 nitrogen and oxygen atoms in total. The van der Waals surface area contributed by atoms with Crippen LogP contribution in [0.4, 0.5) is 0 Å². The van der Waals surface area contributed by atoms with Gasteiger partial charge in [0.05, 0.1) is 18.3 Å². The number of nitriles is 1. The van der Waals surface area contributed by atoms with Gasteiger partial charge in [0, 0.05) is 43.2 Å². The van der Waals surface area contributed by atoms with Crippen LogP contribution >= 0.6 is 11.8 Å². The summed E-state index contributed by atoms with van der Waals surface area (Å²) < 4.78 is 5.77. The van der Waals surface area contributed by atoms with Crippen molar-refractivity contribution >= 4 is 17.7 Å². The van der Waals surface area contributed by atoms with Gasteiger partial charge in [-0.2, -0.15) is 17.0 Å². The molecule has 1 aromatic rings. The van der Waals surface area contributed by atoms with E-state index in [0.29, 0.717) is 17.9 Å². The monoisotopic (exact) mass is 359 g/mol. The van der Waals surface area contributed by atoms with E-state index in [2.05, 4.69) is 24.8 Å². The summed E-state index contributed by atoms with van der Waals surface area (Å²) in [5.74, 6) is 1.57. The number of carbonyl (C=O) groups excluding carboxylic acids is 1. The van der Waals surface area contributed by atoms with Crippen molar-refractivity contribution in [1.82, 2.24) is 9.80 Å². The Morgan fingerprint density at radius 1 is 1.28 bits per heavy atom. The van der Waals surface area contributed by atoms with Gasteiger partial charge in [0.15, 0.2) is 0 Å². The lowest BCUT2D eigenvalue weighted by Crippen LogP contribution is -2.45. The fourth-order valence-electron chi connectivity index (χ4n) is 3.54. The predicted molar refractivity (Wildman–Crippen MR) is 99.5 cm³/mol. The fraction of sp³-hybridized carbons (Fsp3) is 0.579. The molecule has 2 heterocycles. The van der Waals surface area contributed by atoms with Gasteiger partial charge in [0.2, 0.25) is 0 Å². The number of rotatable bonds is 3. The van der Waals surface area contributed by atoms with Crippen LogP contribution in [0.5, 0.6) is 0 Å². The first kappa shape index (κ1) is 18.2. The highest BCUT2D eigenvalue weighted by molar-refractivity contribution is 7.99. The van der Waals surface area contributed by atoms with Crippen molar-refractivity contribution in [2.75, 3.05) is 31.1 Å². The zero-order valence-electron chi connectivity index (χ0n) is 14.9. The number of ether oxygens (including phenoxy) is 1. The number of hydrogen-bond donors (Lipinski definition) is 0. The molecule has 25 heavy (non-hydrogen) atoms. The SMILES string of the molecule is C[C@@H]1CN(Cc2ccc(C(=O)N3CCSC[C@@H]3C#N)cc2)C[C@@H](C)O1. The van der Waals surface area contributed by atoms with Crippen molar-refractivity contribution in [3.8, 4) is 6.07 Å². The van der Waals surface area contributed by atoms with Crippen molar-refractivity contribution in [2.45, 2.75) is 38.6 Å². The molecular formula is C19H25N3O2S. The van der Waals surface area contributed by atoms with Crippen LogP contribution in [0, 0.1) is 11.3 Å². The van der Waals surface area contributed by atoms with Gasteiger partial charge in [-0.3, -0.25) is 9.69 Å². The third-order valence-electron chi connectivity index (χ3n) is 4.64. The van der Waals surface area contributed by atoms with E-state index in [1.165, 1.54) is 5.56 Å². The predicted octanol–water partition coefficient (Wildman–Crippen LogP) is 2.38. The standard InChI is InChI=1S/C19H25N3O2S/c1-14-10-21(11-15(2)24-14)12-16-3-5-17(6-4-16)19(23)22-7-8-25-13-18(22)9-20/h3-6,14-15,18H,7-8,10-13H2,1-2H3/t14-,15-,18+/m1/s1. The minimum atomic E-state index is -0.317. The molecule has 2 fully saturated rings. The van der Waals surface area contributed by atoms with E-state index in [4.69, 9.17) is 4.74 Å². The molecule has 6 heteroatoms. The number of amides is 1. The normalized spacial score (nSPS) is 27.7. The average molecular weight is 359 g/mol. The van der Waals surface area contributed by atoms with Gasteiger partial charge in [-0.15, -0.1) is 0 Å². The highest BCUT2D eigenvalue weighted by atomic mass is 32.2. The van der Waals surface area contributed by atoms with Crippen LogP contribution in [0.15, 0.2) is 24.3 Å². The summed E-state index contributed by atoms with van der Waals surface area (Å²) in [6.07, 6.45) is 0.508. The molecule has 2 saturated heterocycles. The molecule has 2 aliphatic heterocycles. The lowest BCUT2D eigenvalue weighted by molar-refractivity contribution is -0.0704. The van der Waals surface area contributed by atoms with Crippen molar-refractivity contribution in [3.05, 3.63) is 35.4 Å². The molecule has 0 bridgehead atoms. The Balaban J connectivity index is 1.63. The summed E-state index contributed by atoms with van der Waals surface area (Å²) >= 11 is 1.73. The molecular weight excluding hydrogens is 334 g/mol. The summed E-state index contributed by atoms with van der Waals surface area (Å²) in [4.78, 5) is 16.8. The first-order chi connectivity index (χ1) is 12.1. The zero-order chi connectivity index (χ0) is 17.8. The minimum Gasteiger partial charge on any atom is -0.373 e. The highest BCUT2D eigenvalue weighted by Gasteiger charge is 2.27. The Bertz CT molecular complexity index is 633. The first-order valence-electron chi connectivity index (χ1n) is 8.82. The first-order valence-corrected chi connectivity index (χ1v) is 9.97. The third kappa shape index (κ3) is 4.55. The van der Waals surface area contributed by atoms with Gasteiger partial charge in [-0.25, -0.2) is 0 Å². The summed E-state index contributed by atoms with van der Waals surface area (Å²) in [5.41, 5.74) is 1.86. The smallest absolute Gasteiger partial charge is 0.254 e. The quantitative estimate of drug-likeness (QED) is 0.829. The Kier molecular flexibility index (Phi) is 6.00. The molecule has 0 N–H and O–H groups in total. The maximum Gasteiger partial charge on any atom is 0.254 e. The molecule has 0 saturated carbocycles. The fourth-order valence-corrected chi connectivity index (χ4v) is 4.51. The summed E-state index contributed by atoms with van der Waals surface area (Å²) in [6, 6.07) is 9.76. The van der Waals surface area contributed by atoms with E-state index < -0.39 is 0 Å². The lowest BCUT2D eigenvalue weighted by Gasteiger charge is -2.35. The number of morpholine rings is 1. The molecule has 0 unspecified atom stereocenters. The molecule has 3 rings (SSSR count). The number of thioether (sulfide) groups is 1.